The Morgan fingerprint density at radius 2 is 1.69 bits per heavy atom. The molecule has 0 fully saturated rings. The zero-order valence-electron chi connectivity index (χ0n) is 9.18. The highest BCUT2D eigenvalue weighted by molar-refractivity contribution is 7.89. The summed E-state index contributed by atoms with van der Waals surface area (Å²) in [6.07, 6.45) is 3.28. The number of hydrogen-bond donors (Lipinski definition) is 2. The van der Waals surface area contributed by atoms with Gasteiger partial charge in [0, 0.05) is 10.3 Å². The summed E-state index contributed by atoms with van der Waals surface area (Å²) in [5.74, 6) is 0.261. The van der Waals surface area contributed by atoms with Crippen LogP contribution in [0.2, 0.25) is 0 Å². The van der Waals surface area contributed by atoms with Crippen molar-refractivity contribution in [3.8, 4) is 5.75 Å². The zero-order chi connectivity index (χ0) is 12.1. The highest BCUT2D eigenvalue weighted by Gasteiger charge is 2.00. The second-order valence-corrected chi connectivity index (χ2v) is 5.36. The molecule has 16 heavy (non-hydrogen) atoms. The molecule has 0 radical (unpaired) electrons. The molecule has 2 nitrogen and oxygen atoms in total. The van der Waals surface area contributed by atoms with Crippen LogP contribution >= 0.6 is 12.6 Å². The first-order valence-electron chi connectivity index (χ1n) is 4.67. The van der Waals surface area contributed by atoms with Crippen LogP contribution in [-0.2, 0) is 11.2 Å². The zero-order valence-corrected chi connectivity index (χ0v) is 10.9. The van der Waals surface area contributed by atoms with Crippen LogP contribution in [-0.4, -0.2) is 22.2 Å². The number of fused-ring (bicyclic) bond motifs is 1. The van der Waals surface area contributed by atoms with E-state index in [1.807, 2.05) is 30.3 Å². The van der Waals surface area contributed by atoms with Crippen LogP contribution in [0.4, 0.5) is 0 Å². The van der Waals surface area contributed by atoms with Crippen molar-refractivity contribution >= 4 is 34.6 Å². The Balaban J connectivity index is 0.000000280. The summed E-state index contributed by atoms with van der Waals surface area (Å²) in [6.45, 7) is 0. The maximum atomic E-state index is 9.58. The Labute approximate surface area is 104 Å². The summed E-state index contributed by atoms with van der Waals surface area (Å²) in [4.78, 5) is 0.619. The van der Waals surface area contributed by atoms with Gasteiger partial charge in [0.2, 0.25) is 0 Å². The molecule has 0 spiro atoms. The van der Waals surface area contributed by atoms with Gasteiger partial charge in [0.25, 0.3) is 0 Å². The van der Waals surface area contributed by atoms with Crippen LogP contribution in [0.1, 0.15) is 0 Å². The Morgan fingerprint density at radius 1 is 1.12 bits per heavy atom. The van der Waals surface area contributed by atoms with E-state index < -0.39 is 11.2 Å². The molecule has 0 unspecified atom stereocenters. The largest absolute Gasteiger partial charge is 0.617 e. The van der Waals surface area contributed by atoms with Crippen molar-refractivity contribution in [1.29, 1.82) is 0 Å². The van der Waals surface area contributed by atoms with Crippen molar-refractivity contribution in [2.45, 2.75) is 4.90 Å². The van der Waals surface area contributed by atoms with E-state index in [4.69, 9.17) is 0 Å². The van der Waals surface area contributed by atoms with Gasteiger partial charge in [-0.25, -0.2) is 0 Å². The van der Waals surface area contributed by atoms with Crippen molar-refractivity contribution < 1.29 is 9.66 Å². The SMILES string of the molecule is C[S+](C)[O-].Oc1c(S)ccc2ccccc12. The maximum Gasteiger partial charge on any atom is 0.136 e. The number of aromatic hydroxyl groups is 1. The lowest BCUT2D eigenvalue weighted by Crippen LogP contribution is -1.86. The van der Waals surface area contributed by atoms with Crippen LogP contribution < -0.4 is 0 Å². The summed E-state index contributed by atoms with van der Waals surface area (Å²) in [6, 6.07) is 11.4. The third-order valence-electron chi connectivity index (χ3n) is 1.88. The molecule has 0 heterocycles. The molecule has 0 amide bonds. The summed E-state index contributed by atoms with van der Waals surface area (Å²) in [7, 11) is 0. The molecule has 86 valence electrons. The van der Waals surface area contributed by atoms with Gasteiger partial charge in [-0.15, -0.1) is 12.6 Å². The van der Waals surface area contributed by atoms with Gasteiger partial charge in [-0.05, 0) is 11.5 Å². The summed E-state index contributed by atoms with van der Waals surface area (Å²) in [5.41, 5.74) is 0. The number of benzene rings is 2. The molecule has 0 aliphatic rings. The first-order chi connectivity index (χ1) is 7.52. The number of phenolic OH excluding ortho intramolecular Hbond substituents is 1. The van der Waals surface area contributed by atoms with Crippen molar-refractivity contribution in [2.24, 2.45) is 0 Å². The highest BCUT2D eigenvalue weighted by atomic mass is 32.2. The first kappa shape index (κ1) is 13.2. The van der Waals surface area contributed by atoms with E-state index in [9.17, 15) is 9.66 Å². The van der Waals surface area contributed by atoms with Gasteiger partial charge in [0.1, 0.15) is 5.75 Å². The molecule has 0 aliphatic heterocycles. The maximum absolute atomic E-state index is 9.58. The molecule has 4 heteroatoms. The monoisotopic (exact) mass is 254 g/mol. The lowest BCUT2D eigenvalue weighted by Gasteiger charge is -2.01. The Kier molecular flexibility index (Phi) is 4.99. The fourth-order valence-electron chi connectivity index (χ4n) is 1.24. The van der Waals surface area contributed by atoms with Gasteiger partial charge < -0.3 is 9.66 Å². The molecule has 2 rings (SSSR count). The van der Waals surface area contributed by atoms with E-state index >= 15 is 0 Å². The molecule has 0 aliphatic carbocycles. The summed E-state index contributed by atoms with van der Waals surface area (Å²) in [5, 5.41) is 11.5. The van der Waals surface area contributed by atoms with Crippen LogP contribution in [0.25, 0.3) is 10.8 Å². The fraction of sp³-hybridized carbons (Fsp3) is 0.167. The standard InChI is InChI=1S/C10H8OS.C2H6OS/c11-10-8-4-2-1-3-7(8)5-6-9(10)12;1-4(2)3/h1-6,11-12H;1-2H3. The van der Waals surface area contributed by atoms with Gasteiger partial charge in [0.05, 0.1) is 12.5 Å². The minimum Gasteiger partial charge on any atom is -0.617 e. The van der Waals surface area contributed by atoms with Crippen molar-refractivity contribution in [1.82, 2.24) is 0 Å². The van der Waals surface area contributed by atoms with Crippen molar-refractivity contribution in [2.75, 3.05) is 12.5 Å². The van der Waals surface area contributed by atoms with Gasteiger partial charge in [-0.2, -0.15) is 0 Å². The average Bonchev–Trinajstić information content (AvgIpc) is 2.23. The number of hydrogen-bond acceptors (Lipinski definition) is 3. The number of thiol groups is 1. The van der Waals surface area contributed by atoms with Crippen LogP contribution in [0.3, 0.4) is 0 Å². The topological polar surface area (TPSA) is 43.3 Å². The number of rotatable bonds is 0. The van der Waals surface area contributed by atoms with Gasteiger partial charge in [-0.1, -0.05) is 41.5 Å². The van der Waals surface area contributed by atoms with Gasteiger partial charge in [-0.3, -0.25) is 0 Å². The first-order valence-corrected chi connectivity index (χ1v) is 7.08. The molecule has 0 bridgehead atoms. The predicted octanol–water partition coefficient (Wildman–Crippen LogP) is 2.83. The molecule has 2 aromatic rings. The normalized spacial score (nSPS) is 10.1. The fourth-order valence-corrected chi connectivity index (χ4v) is 1.44. The second kappa shape index (κ2) is 6.03. The van der Waals surface area contributed by atoms with Gasteiger partial charge >= 0.3 is 0 Å². The van der Waals surface area contributed by atoms with Crippen molar-refractivity contribution in [3.05, 3.63) is 36.4 Å². The van der Waals surface area contributed by atoms with E-state index in [1.165, 1.54) is 0 Å². The van der Waals surface area contributed by atoms with E-state index in [0.29, 0.717) is 4.90 Å². The molecular weight excluding hydrogens is 240 g/mol. The molecule has 0 aromatic heterocycles. The van der Waals surface area contributed by atoms with E-state index in [1.54, 1.807) is 18.6 Å². The predicted molar refractivity (Wildman–Crippen MR) is 72.9 cm³/mol. The Bertz CT molecular complexity index is 467. The average molecular weight is 254 g/mol. The van der Waals surface area contributed by atoms with Crippen LogP contribution in [0.15, 0.2) is 41.3 Å². The van der Waals surface area contributed by atoms with E-state index in [-0.39, 0.29) is 5.75 Å². The molecule has 0 saturated heterocycles. The van der Waals surface area contributed by atoms with E-state index in [0.717, 1.165) is 10.8 Å². The Morgan fingerprint density at radius 3 is 2.31 bits per heavy atom. The molecule has 2 aromatic carbocycles. The lowest BCUT2D eigenvalue weighted by atomic mass is 10.1. The smallest absolute Gasteiger partial charge is 0.136 e. The quantitative estimate of drug-likeness (QED) is 0.561. The highest BCUT2D eigenvalue weighted by Crippen LogP contribution is 2.30. The number of phenols is 1. The summed E-state index contributed by atoms with van der Waals surface area (Å²) < 4.78 is 9.56. The third-order valence-corrected chi connectivity index (χ3v) is 2.24. The van der Waals surface area contributed by atoms with Crippen LogP contribution in [0.5, 0.6) is 5.75 Å². The lowest BCUT2D eigenvalue weighted by molar-refractivity contribution is 0.469. The van der Waals surface area contributed by atoms with E-state index in [2.05, 4.69) is 12.6 Å². The Hall–Kier alpha value is -0.840. The minimum atomic E-state index is -0.611. The van der Waals surface area contributed by atoms with Crippen molar-refractivity contribution in [3.63, 3.8) is 0 Å². The molecular formula is C12H14O2S2. The minimum absolute atomic E-state index is 0.261. The third kappa shape index (κ3) is 3.63. The van der Waals surface area contributed by atoms with Crippen LogP contribution in [0, 0.1) is 0 Å². The molecule has 0 atom stereocenters. The van der Waals surface area contributed by atoms with Gasteiger partial charge in [0.15, 0.2) is 0 Å². The second-order valence-electron chi connectivity index (χ2n) is 3.40. The summed E-state index contributed by atoms with van der Waals surface area (Å²) >= 11 is 3.51. The molecule has 0 saturated carbocycles. The molecule has 1 N–H and O–H groups in total.